The van der Waals surface area contributed by atoms with Gasteiger partial charge in [0.2, 0.25) is 0 Å². The molecular weight excluding hydrogens is 201 g/mol. The van der Waals surface area contributed by atoms with Crippen LogP contribution in [0.4, 0.5) is 4.39 Å². The summed E-state index contributed by atoms with van der Waals surface area (Å²) in [6.45, 7) is 3.29. The predicted molar refractivity (Wildman–Crippen MR) is 65.2 cm³/mol. The molecule has 0 bridgehead atoms. The second kappa shape index (κ2) is 4.96. The lowest BCUT2D eigenvalue weighted by Crippen LogP contribution is -2.22. The molecule has 1 nitrogen and oxygen atoms in total. The molecule has 2 unspecified atom stereocenters. The van der Waals surface area contributed by atoms with Crippen LogP contribution < -0.4 is 5.32 Å². The average Bonchev–Trinajstić information content (AvgIpc) is 2.28. The minimum absolute atomic E-state index is 0.0951. The van der Waals surface area contributed by atoms with Crippen LogP contribution >= 0.6 is 0 Å². The van der Waals surface area contributed by atoms with Gasteiger partial charge in [-0.2, -0.15) is 0 Å². The number of hydrogen-bond donors (Lipinski definition) is 1. The highest BCUT2D eigenvalue weighted by Gasteiger charge is 2.26. The van der Waals surface area contributed by atoms with E-state index in [0.29, 0.717) is 11.8 Å². The van der Waals surface area contributed by atoms with Crippen molar-refractivity contribution in [1.29, 1.82) is 0 Å². The van der Waals surface area contributed by atoms with Crippen molar-refractivity contribution in [1.82, 2.24) is 5.32 Å². The number of rotatable bonds is 3. The van der Waals surface area contributed by atoms with Crippen LogP contribution in [0.2, 0.25) is 0 Å². The predicted octanol–water partition coefficient (Wildman–Crippen LogP) is 3.10. The van der Waals surface area contributed by atoms with Crippen LogP contribution in [-0.4, -0.2) is 13.6 Å². The van der Waals surface area contributed by atoms with Gasteiger partial charge in [-0.05, 0) is 68.0 Å². The fourth-order valence-electron chi connectivity index (χ4n) is 2.77. The van der Waals surface area contributed by atoms with Crippen molar-refractivity contribution in [3.63, 3.8) is 0 Å². The minimum Gasteiger partial charge on any atom is -0.320 e. The number of halogens is 1. The molecule has 1 aliphatic carbocycles. The second-order valence-electron chi connectivity index (χ2n) is 4.86. The van der Waals surface area contributed by atoms with Crippen LogP contribution in [0.15, 0.2) is 18.2 Å². The molecule has 88 valence electrons. The monoisotopic (exact) mass is 221 g/mol. The zero-order chi connectivity index (χ0) is 11.5. The maximum atomic E-state index is 13.3. The molecule has 2 atom stereocenters. The first-order valence-electron chi connectivity index (χ1n) is 6.15. The summed E-state index contributed by atoms with van der Waals surface area (Å²) in [7, 11) is 1.97. The van der Waals surface area contributed by atoms with E-state index in [1.165, 1.54) is 17.5 Å². The summed E-state index contributed by atoms with van der Waals surface area (Å²) in [6.07, 6.45) is 3.44. The third kappa shape index (κ3) is 2.27. The Hall–Kier alpha value is -0.890. The average molecular weight is 221 g/mol. The first-order chi connectivity index (χ1) is 7.72. The van der Waals surface area contributed by atoms with Crippen LogP contribution in [0.5, 0.6) is 0 Å². The summed E-state index contributed by atoms with van der Waals surface area (Å²) in [6, 6.07) is 5.29. The quantitative estimate of drug-likeness (QED) is 0.827. The van der Waals surface area contributed by atoms with Gasteiger partial charge in [0.1, 0.15) is 5.82 Å². The zero-order valence-corrected chi connectivity index (χ0v) is 10.1. The van der Waals surface area contributed by atoms with Crippen molar-refractivity contribution >= 4 is 0 Å². The molecule has 1 aliphatic rings. The van der Waals surface area contributed by atoms with E-state index in [1.807, 2.05) is 13.1 Å². The molecular formula is C14H20FN. The van der Waals surface area contributed by atoms with Gasteiger partial charge in [0.05, 0.1) is 0 Å². The van der Waals surface area contributed by atoms with Gasteiger partial charge in [-0.1, -0.05) is 13.0 Å². The first kappa shape index (κ1) is 11.6. The molecule has 2 heteroatoms. The maximum Gasteiger partial charge on any atom is 0.123 e. The zero-order valence-electron chi connectivity index (χ0n) is 10.1. The van der Waals surface area contributed by atoms with Gasteiger partial charge >= 0.3 is 0 Å². The normalized spacial score (nSPS) is 24.2. The third-order valence-corrected chi connectivity index (χ3v) is 3.77. The molecule has 0 radical (unpaired) electrons. The maximum absolute atomic E-state index is 13.3. The van der Waals surface area contributed by atoms with E-state index in [9.17, 15) is 4.39 Å². The number of nitrogens with one attached hydrogen (secondary N) is 1. The van der Waals surface area contributed by atoms with E-state index in [2.05, 4.69) is 12.2 Å². The Morgan fingerprint density at radius 1 is 1.44 bits per heavy atom. The lowest BCUT2D eigenvalue weighted by molar-refractivity contribution is 0.379. The van der Waals surface area contributed by atoms with Crippen LogP contribution in [0, 0.1) is 11.7 Å². The molecule has 0 saturated carbocycles. The van der Waals surface area contributed by atoms with Crippen molar-refractivity contribution in [2.75, 3.05) is 13.6 Å². The van der Waals surface area contributed by atoms with Crippen molar-refractivity contribution < 1.29 is 4.39 Å². The van der Waals surface area contributed by atoms with Gasteiger partial charge in [0.25, 0.3) is 0 Å². The van der Waals surface area contributed by atoms with Gasteiger partial charge in [0.15, 0.2) is 0 Å². The van der Waals surface area contributed by atoms with Crippen molar-refractivity contribution in [3.8, 4) is 0 Å². The number of aryl methyl sites for hydroxylation is 1. The highest BCUT2D eigenvalue weighted by atomic mass is 19.1. The molecule has 16 heavy (non-hydrogen) atoms. The molecule has 1 aromatic carbocycles. The van der Waals surface area contributed by atoms with Crippen LogP contribution in [0.25, 0.3) is 0 Å². The Kier molecular flexibility index (Phi) is 3.59. The summed E-state index contributed by atoms with van der Waals surface area (Å²) < 4.78 is 13.3. The van der Waals surface area contributed by atoms with Crippen LogP contribution in [-0.2, 0) is 6.42 Å². The van der Waals surface area contributed by atoms with E-state index in [-0.39, 0.29) is 5.82 Å². The molecule has 0 heterocycles. The Bertz CT molecular complexity index is 362. The molecule has 0 saturated heterocycles. The summed E-state index contributed by atoms with van der Waals surface area (Å²) in [5, 5.41) is 3.19. The molecule has 0 fully saturated rings. The standard InChI is InChI=1S/C14H20FN/c1-10-3-4-11-5-6-12(15)9-14(11)13(10)7-8-16-2/h5-6,9-10,13,16H,3-4,7-8H2,1-2H3. The van der Waals surface area contributed by atoms with Crippen LogP contribution in [0.1, 0.15) is 36.8 Å². The summed E-state index contributed by atoms with van der Waals surface area (Å²) in [5.74, 6) is 1.09. The molecule has 0 aromatic heterocycles. The van der Waals surface area contributed by atoms with Crippen molar-refractivity contribution in [2.24, 2.45) is 5.92 Å². The second-order valence-corrected chi connectivity index (χ2v) is 4.86. The van der Waals surface area contributed by atoms with Gasteiger partial charge in [-0.3, -0.25) is 0 Å². The SMILES string of the molecule is CNCCC1c2cc(F)ccc2CCC1C. The Labute approximate surface area is 97.1 Å². The smallest absolute Gasteiger partial charge is 0.123 e. The molecule has 0 aliphatic heterocycles. The van der Waals surface area contributed by atoms with Gasteiger partial charge in [-0.15, -0.1) is 0 Å². The largest absolute Gasteiger partial charge is 0.320 e. The van der Waals surface area contributed by atoms with Crippen molar-refractivity contribution in [2.45, 2.75) is 32.1 Å². The van der Waals surface area contributed by atoms with Gasteiger partial charge in [-0.25, -0.2) is 4.39 Å². The third-order valence-electron chi connectivity index (χ3n) is 3.77. The lowest BCUT2D eigenvalue weighted by atomic mass is 9.74. The fourth-order valence-corrected chi connectivity index (χ4v) is 2.77. The Morgan fingerprint density at radius 2 is 2.25 bits per heavy atom. The van der Waals surface area contributed by atoms with Gasteiger partial charge in [0, 0.05) is 0 Å². The Balaban J connectivity index is 2.27. The van der Waals surface area contributed by atoms with E-state index in [4.69, 9.17) is 0 Å². The summed E-state index contributed by atoms with van der Waals surface area (Å²) in [5.41, 5.74) is 2.59. The molecule has 1 aromatic rings. The van der Waals surface area contributed by atoms with Crippen molar-refractivity contribution in [3.05, 3.63) is 35.1 Å². The number of hydrogen-bond acceptors (Lipinski definition) is 1. The van der Waals surface area contributed by atoms with E-state index < -0.39 is 0 Å². The summed E-state index contributed by atoms with van der Waals surface area (Å²) in [4.78, 5) is 0. The molecule has 2 rings (SSSR count). The van der Waals surface area contributed by atoms with E-state index in [1.54, 1.807) is 12.1 Å². The number of benzene rings is 1. The topological polar surface area (TPSA) is 12.0 Å². The summed E-state index contributed by atoms with van der Waals surface area (Å²) >= 11 is 0. The Morgan fingerprint density at radius 3 is 3.00 bits per heavy atom. The van der Waals surface area contributed by atoms with E-state index in [0.717, 1.165) is 19.4 Å². The highest BCUT2D eigenvalue weighted by Crippen LogP contribution is 2.38. The first-order valence-corrected chi connectivity index (χ1v) is 6.15. The minimum atomic E-state index is -0.0951. The number of fused-ring (bicyclic) bond motifs is 1. The van der Waals surface area contributed by atoms with Gasteiger partial charge < -0.3 is 5.32 Å². The molecule has 1 N–H and O–H groups in total. The fraction of sp³-hybridized carbons (Fsp3) is 0.571. The van der Waals surface area contributed by atoms with Crippen LogP contribution in [0.3, 0.4) is 0 Å². The molecule has 0 spiro atoms. The van der Waals surface area contributed by atoms with E-state index >= 15 is 0 Å². The lowest BCUT2D eigenvalue weighted by Gasteiger charge is -2.31. The molecule has 0 amide bonds. The highest BCUT2D eigenvalue weighted by molar-refractivity contribution is 5.34.